The molecule has 0 bridgehead atoms. The van der Waals surface area contributed by atoms with E-state index in [4.69, 9.17) is 38.5 Å². The minimum absolute atomic E-state index is 0.00628. The fourth-order valence-corrected chi connectivity index (χ4v) is 1.70. The second-order valence-electron chi connectivity index (χ2n) is 3.87. The number of benzene rings is 1. The maximum absolute atomic E-state index is 6.04. The number of nitrogens with two attached hydrogens (primary N) is 1. The number of halogens is 2. The van der Waals surface area contributed by atoms with Gasteiger partial charge in [0.1, 0.15) is 5.02 Å². The van der Waals surface area contributed by atoms with Crippen LogP contribution in [0.25, 0.3) is 0 Å². The van der Waals surface area contributed by atoms with Crippen LogP contribution >= 0.6 is 23.2 Å². The van der Waals surface area contributed by atoms with Crippen LogP contribution < -0.4 is 20.7 Å². The van der Waals surface area contributed by atoms with E-state index < -0.39 is 0 Å². The molecule has 0 aliphatic heterocycles. The fourth-order valence-electron chi connectivity index (χ4n) is 1.37. The van der Waals surface area contributed by atoms with Gasteiger partial charge in [0.15, 0.2) is 5.75 Å². The lowest BCUT2D eigenvalue weighted by molar-refractivity contribution is 0.285. The van der Waals surface area contributed by atoms with E-state index in [9.17, 15) is 0 Å². The Morgan fingerprint density at radius 1 is 1.19 bits per heavy atom. The Morgan fingerprint density at radius 2 is 1.95 bits per heavy atom. The van der Waals surface area contributed by atoms with Crippen molar-refractivity contribution in [2.75, 3.05) is 12.0 Å². The van der Waals surface area contributed by atoms with Crippen molar-refractivity contribution in [3.05, 3.63) is 28.2 Å². The molecule has 1 aromatic carbocycles. The largest absolute Gasteiger partial charge is 0.463 e. The summed E-state index contributed by atoms with van der Waals surface area (Å²) in [7, 11) is 0. The second kappa shape index (κ2) is 7.26. The smallest absolute Gasteiger partial charge is 0.330 e. The molecule has 0 atom stereocenters. The maximum Gasteiger partial charge on any atom is 0.330 e. The topological polar surface area (TPSA) is 95.2 Å². The van der Waals surface area contributed by atoms with Gasteiger partial charge in [-0.05, 0) is 18.6 Å². The molecule has 0 aliphatic carbocycles. The zero-order valence-electron chi connectivity index (χ0n) is 11.1. The molecule has 1 heterocycles. The number of nitrogen functional groups attached to an aromatic ring is 1. The molecule has 3 N–H and O–H groups in total. The van der Waals surface area contributed by atoms with Crippen molar-refractivity contribution in [2.45, 2.75) is 13.3 Å². The van der Waals surface area contributed by atoms with E-state index in [1.165, 1.54) is 0 Å². The SMILES string of the molecule is CCCOc1nc(NN)nc(Oc2cccc(Cl)c2Cl)n1. The fraction of sp³-hybridized carbons (Fsp3) is 0.250. The Hall–Kier alpha value is -1.83. The molecule has 1 aromatic heterocycles. The maximum atomic E-state index is 6.04. The molecule has 2 aromatic rings. The minimum Gasteiger partial charge on any atom is -0.463 e. The van der Waals surface area contributed by atoms with Crippen molar-refractivity contribution in [3.63, 3.8) is 0 Å². The van der Waals surface area contributed by atoms with Gasteiger partial charge >= 0.3 is 12.0 Å². The van der Waals surface area contributed by atoms with Crippen molar-refractivity contribution in [1.82, 2.24) is 15.0 Å². The standard InChI is InChI=1S/C12H13Cl2N5O2/c1-2-6-20-11-16-10(19-15)17-12(18-11)21-8-5-3-4-7(13)9(8)14/h3-5H,2,6,15H2,1H3,(H,16,17,18,19). The molecule has 0 fully saturated rings. The zero-order chi connectivity index (χ0) is 15.2. The summed E-state index contributed by atoms with van der Waals surface area (Å²) in [6, 6.07) is 5.08. The molecule has 0 radical (unpaired) electrons. The molecule has 9 heteroatoms. The van der Waals surface area contributed by atoms with Gasteiger partial charge in [-0.3, -0.25) is 5.43 Å². The van der Waals surface area contributed by atoms with Gasteiger partial charge in [-0.1, -0.05) is 36.2 Å². The summed E-state index contributed by atoms with van der Waals surface area (Å²) in [6.07, 6.45) is 0.813. The predicted octanol–water partition coefficient (Wildman–Crippen LogP) is 3.05. The number of nitrogens with one attached hydrogen (secondary N) is 1. The van der Waals surface area contributed by atoms with Crippen molar-refractivity contribution in [1.29, 1.82) is 0 Å². The number of ether oxygens (including phenoxy) is 2. The van der Waals surface area contributed by atoms with E-state index >= 15 is 0 Å². The van der Waals surface area contributed by atoms with Crippen LogP contribution in [0, 0.1) is 0 Å². The number of hydrogen-bond donors (Lipinski definition) is 2. The van der Waals surface area contributed by atoms with Crippen LogP contribution in [-0.4, -0.2) is 21.6 Å². The van der Waals surface area contributed by atoms with Crippen LogP contribution in [0.15, 0.2) is 18.2 Å². The van der Waals surface area contributed by atoms with E-state index in [1.807, 2.05) is 6.92 Å². The Morgan fingerprint density at radius 3 is 2.67 bits per heavy atom. The molecule has 0 saturated heterocycles. The molecule has 112 valence electrons. The third-order valence-electron chi connectivity index (χ3n) is 2.28. The summed E-state index contributed by atoms with van der Waals surface area (Å²) in [4.78, 5) is 11.9. The summed E-state index contributed by atoms with van der Waals surface area (Å²) >= 11 is 12.0. The molecule has 7 nitrogen and oxygen atoms in total. The van der Waals surface area contributed by atoms with E-state index in [0.717, 1.165) is 6.42 Å². The molecule has 0 saturated carbocycles. The average molecular weight is 330 g/mol. The van der Waals surface area contributed by atoms with Gasteiger partial charge in [0.2, 0.25) is 5.95 Å². The highest BCUT2D eigenvalue weighted by Gasteiger charge is 2.12. The highest BCUT2D eigenvalue weighted by Crippen LogP contribution is 2.33. The summed E-state index contributed by atoms with van der Waals surface area (Å²) in [6.45, 7) is 2.43. The number of aromatic nitrogens is 3. The molecule has 0 amide bonds. The van der Waals surface area contributed by atoms with E-state index in [2.05, 4.69) is 20.4 Å². The lowest BCUT2D eigenvalue weighted by Gasteiger charge is -2.09. The van der Waals surface area contributed by atoms with Crippen LogP contribution in [0.1, 0.15) is 13.3 Å². The molecule has 0 aliphatic rings. The van der Waals surface area contributed by atoms with E-state index in [0.29, 0.717) is 17.4 Å². The lowest BCUT2D eigenvalue weighted by atomic mass is 10.3. The third kappa shape index (κ3) is 4.07. The van der Waals surface area contributed by atoms with Gasteiger partial charge in [-0.2, -0.15) is 9.97 Å². The van der Waals surface area contributed by atoms with Crippen molar-refractivity contribution in [2.24, 2.45) is 5.84 Å². The zero-order valence-corrected chi connectivity index (χ0v) is 12.6. The Kier molecular flexibility index (Phi) is 5.38. The quantitative estimate of drug-likeness (QED) is 0.621. The molecular formula is C12H13Cl2N5O2. The summed E-state index contributed by atoms with van der Waals surface area (Å²) < 4.78 is 10.8. The Balaban J connectivity index is 2.28. The highest BCUT2D eigenvalue weighted by atomic mass is 35.5. The molecule has 21 heavy (non-hydrogen) atoms. The molecular weight excluding hydrogens is 317 g/mol. The number of hydrogen-bond acceptors (Lipinski definition) is 7. The first kappa shape index (κ1) is 15.6. The van der Waals surface area contributed by atoms with Crippen LogP contribution in [0.2, 0.25) is 10.0 Å². The van der Waals surface area contributed by atoms with Crippen molar-refractivity contribution in [3.8, 4) is 17.8 Å². The van der Waals surface area contributed by atoms with Crippen LogP contribution in [-0.2, 0) is 0 Å². The van der Waals surface area contributed by atoms with Crippen molar-refractivity contribution >= 4 is 29.2 Å². The number of rotatable bonds is 6. The first-order chi connectivity index (χ1) is 10.1. The van der Waals surface area contributed by atoms with Crippen LogP contribution in [0.4, 0.5) is 5.95 Å². The number of nitrogens with zero attached hydrogens (tertiary/aromatic N) is 3. The van der Waals surface area contributed by atoms with Crippen LogP contribution in [0.5, 0.6) is 17.8 Å². The van der Waals surface area contributed by atoms with Crippen molar-refractivity contribution < 1.29 is 9.47 Å². The Labute approximate surface area is 131 Å². The summed E-state index contributed by atoms with van der Waals surface area (Å²) in [5, 5.41) is 0.626. The Bertz CT molecular complexity index is 627. The summed E-state index contributed by atoms with van der Waals surface area (Å²) in [5.74, 6) is 5.74. The third-order valence-corrected chi connectivity index (χ3v) is 3.08. The number of hydrazine groups is 1. The lowest BCUT2D eigenvalue weighted by Crippen LogP contribution is -2.13. The molecule has 0 unspecified atom stereocenters. The number of anilines is 1. The molecule has 0 spiro atoms. The van der Waals surface area contributed by atoms with Gasteiger partial charge in [0, 0.05) is 0 Å². The van der Waals surface area contributed by atoms with Gasteiger partial charge < -0.3 is 9.47 Å². The highest BCUT2D eigenvalue weighted by molar-refractivity contribution is 6.42. The van der Waals surface area contributed by atoms with Gasteiger partial charge in [-0.25, -0.2) is 5.84 Å². The monoisotopic (exact) mass is 329 g/mol. The van der Waals surface area contributed by atoms with Gasteiger partial charge in [0.25, 0.3) is 0 Å². The van der Waals surface area contributed by atoms with Crippen LogP contribution in [0.3, 0.4) is 0 Å². The predicted molar refractivity (Wildman–Crippen MR) is 80.0 cm³/mol. The van der Waals surface area contributed by atoms with Gasteiger partial charge in [-0.15, -0.1) is 4.98 Å². The van der Waals surface area contributed by atoms with Gasteiger partial charge in [0.05, 0.1) is 11.6 Å². The minimum atomic E-state index is -0.00628. The normalized spacial score (nSPS) is 10.3. The van der Waals surface area contributed by atoms with E-state index in [1.54, 1.807) is 18.2 Å². The first-order valence-electron chi connectivity index (χ1n) is 6.11. The molecule has 2 rings (SSSR count). The summed E-state index contributed by atoms with van der Waals surface area (Å²) in [5.41, 5.74) is 2.31. The average Bonchev–Trinajstić information content (AvgIpc) is 2.49. The first-order valence-corrected chi connectivity index (χ1v) is 6.87. The van der Waals surface area contributed by atoms with E-state index in [-0.39, 0.29) is 23.0 Å². The second-order valence-corrected chi connectivity index (χ2v) is 4.66.